The van der Waals surface area contributed by atoms with E-state index >= 15 is 0 Å². The third-order valence-corrected chi connectivity index (χ3v) is 4.08. The number of aliphatic hydroxyl groups is 1. The van der Waals surface area contributed by atoms with Crippen LogP contribution in [0.3, 0.4) is 0 Å². The van der Waals surface area contributed by atoms with Crippen molar-refractivity contribution in [3.8, 4) is 0 Å². The molecule has 0 aromatic carbocycles. The van der Waals surface area contributed by atoms with Crippen molar-refractivity contribution in [2.75, 3.05) is 0 Å². The summed E-state index contributed by atoms with van der Waals surface area (Å²) in [5.41, 5.74) is -2.86. The van der Waals surface area contributed by atoms with Crippen molar-refractivity contribution >= 4 is 0 Å². The zero-order valence-corrected chi connectivity index (χ0v) is 11.0. The highest BCUT2D eigenvalue weighted by atomic mass is 19.4. The van der Waals surface area contributed by atoms with Crippen LogP contribution >= 0.6 is 0 Å². The predicted molar refractivity (Wildman–Crippen MR) is 58.5 cm³/mol. The highest BCUT2D eigenvalue weighted by Gasteiger charge is 2.58. The average molecular weight is 332 g/mol. The summed E-state index contributed by atoms with van der Waals surface area (Å²) in [5, 5.41) is 12.7. The van der Waals surface area contributed by atoms with E-state index in [4.69, 9.17) is 0 Å². The molecule has 0 aliphatic heterocycles. The van der Waals surface area contributed by atoms with Gasteiger partial charge < -0.3 is 5.11 Å². The van der Waals surface area contributed by atoms with Crippen LogP contribution in [0.5, 0.6) is 0 Å². The summed E-state index contributed by atoms with van der Waals surface area (Å²) in [6, 6.07) is 0. The van der Waals surface area contributed by atoms with Gasteiger partial charge in [0.05, 0.1) is 0 Å². The summed E-state index contributed by atoms with van der Waals surface area (Å²) >= 11 is 0. The highest BCUT2D eigenvalue weighted by Crippen LogP contribution is 2.51. The number of halogens is 7. The van der Waals surface area contributed by atoms with Crippen LogP contribution in [0.25, 0.3) is 0 Å². The lowest BCUT2D eigenvalue weighted by Gasteiger charge is -2.28. The first-order valence-electron chi connectivity index (χ1n) is 6.54. The normalized spacial score (nSPS) is 29.3. The minimum absolute atomic E-state index is 0.242. The third kappa shape index (κ3) is 2.37. The number of nitrogens with zero attached hydrogens (tertiary/aromatic N) is 2. The quantitative estimate of drug-likeness (QED) is 0.845. The van der Waals surface area contributed by atoms with Gasteiger partial charge in [0.2, 0.25) is 0 Å². The van der Waals surface area contributed by atoms with E-state index in [2.05, 4.69) is 5.10 Å². The van der Waals surface area contributed by atoms with Crippen molar-refractivity contribution < 1.29 is 35.8 Å². The Hall–Kier alpha value is -1.32. The second kappa shape index (κ2) is 4.36. The van der Waals surface area contributed by atoms with E-state index in [-0.39, 0.29) is 5.69 Å². The highest BCUT2D eigenvalue weighted by molar-refractivity contribution is 5.35. The second-order valence-electron chi connectivity index (χ2n) is 5.71. The number of aliphatic hydroxyl groups excluding tert-OH is 1. The fourth-order valence-corrected chi connectivity index (χ4v) is 2.73. The van der Waals surface area contributed by atoms with Gasteiger partial charge in [-0.1, -0.05) is 0 Å². The molecule has 124 valence electrons. The molecule has 3 rings (SSSR count). The van der Waals surface area contributed by atoms with E-state index in [1.54, 1.807) is 0 Å². The first-order chi connectivity index (χ1) is 9.93. The van der Waals surface area contributed by atoms with E-state index in [1.165, 1.54) is 0 Å². The van der Waals surface area contributed by atoms with Crippen LogP contribution in [0.2, 0.25) is 0 Å². The minimum atomic E-state index is -5.05. The lowest BCUT2D eigenvalue weighted by Crippen LogP contribution is -2.33. The van der Waals surface area contributed by atoms with E-state index in [1.807, 2.05) is 0 Å². The van der Waals surface area contributed by atoms with Crippen molar-refractivity contribution in [2.24, 2.45) is 5.92 Å². The van der Waals surface area contributed by atoms with Gasteiger partial charge in [0, 0.05) is 36.6 Å². The number of fused-ring (bicyclic) bond motifs is 1. The molecule has 1 fully saturated rings. The standard InChI is InChI=1S/C12H11F7N2O/c13-10(14)2-1-6-7(9(10)22)8(12(17,18)19)20-21(6)4-5-3-11(5,15)16/h5,9,22H,1-4H2/t5-,9-/m0/s1. The first kappa shape index (κ1) is 15.6. The van der Waals surface area contributed by atoms with Gasteiger partial charge in [-0.25, -0.2) is 17.6 Å². The first-order valence-corrected chi connectivity index (χ1v) is 6.54. The van der Waals surface area contributed by atoms with Gasteiger partial charge in [0.25, 0.3) is 11.8 Å². The minimum Gasteiger partial charge on any atom is -0.382 e. The summed E-state index contributed by atoms with van der Waals surface area (Å²) in [6.45, 7) is -0.482. The van der Waals surface area contributed by atoms with Crippen molar-refractivity contribution in [1.29, 1.82) is 0 Å². The van der Waals surface area contributed by atoms with Crippen molar-refractivity contribution in [1.82, 2.24) is 9.78 Å². The maximum absolute atomic E-state index is 13.5. The molecule has 0 saturated heterocycles. The van der Waals surface area contributed by atoms with Gasteiger partial charge in [-0.2, -0.15) is 18.3 Å². The van der Waals surface area contributed by atoms with E-state index < -0.39 is 67.1 Å². The van der Waals surface area contributed by atoms with Crippen molar-refractivity contribution in [2.45, 2.75) is 49.9 Å². The fourth-order valence-electron chi connectivity index (χ4n) is 2.73. The van der Waals surface area contributed by atoms with Crippen molar-refractivity contribution in [3.63, 3.8) is 0 Å². The SMILES string of the molecule is O[C@H]1c2c(C(F)(F)F)nn(C[C@@H]3CC3(F)F)c2CCC1(F)F. The Kier molecular flexibility index (Phi) is 3.09. The summed E-state index contributed by atoms with van der Waals surface area (Å²) in [4.78, 5) is 0. The molecule has 3 nitrogen and oxygen atoms in total. The molecule has 0 amide bonds. The lowest BCUT2D eigenvalue weighted by atomic mass is 9.89. The van der Waals surface area contributed by atoms with Crippen molar-refractivity contribution in [3.05, 3.63) is 17.0 Å². The molecule has 2 atom stereocenters. The molecule has 22 heavy (non-hydrogen) atoms. The van der Waals surface area contributed by atoms with E-state index in [0.29, 0.717) is 4.68 Å². The molecule has 2 aliphatic carbocycles. The summed E-state index contributed by atoms with van der Waals surface area (Å²) in [7, 11) is 0. The Labute approximate surface area is 119 Å². The molecule has 1 heterocycles. The van der Waals surface area contributed by atoms with Gasteiger partial charge >= 0.3 is 6.18 Å². The van der Waals surface area contributed by atoms with Gasteiger partial charge in [0.1, 0.15) is 6.10 Å². The third-order valence-electron chi connectivity index (χ3n) is 4.08. The van der Waals surface area contributed by atoms with Crippen LogP contribution in [-0.2, 0) is 19.1 Å². The number of aromatic nitrogens is 2. The largest absolute Gasteiger partial charge is 0.435 e. The Balaban J connectivity index is 2.04. The molecule has 2 aliphatic rings. The Morgan fingerprint density at radius 1 is 1.18 bits per heavy atom. The zero-order valence-electron chi connectivity index (χ0n) is 11.0. The van der Waals surface area contributed by atoms with Crippen LogP contribution in [0, 0.1) is 5.92 Å². The lowest BCUT2D eigenvalue weighted by molar-refractivity contribution is -0.150. The monoisotopic (exact) mass is 332 g/mol. The van der Waals surface area contributed by atoms with Crippen LogP contribution in [0.1, 0.15) is 35.9 Å². The Morgan fingerprint density at radius 3 is 2.27 bits per heavy atom. The van der Waals surface area contributed by atoms with Gasteiger partial charge in [0.15, 0.2) is 5.69 Å². The Morgan fingerprint density at radius 2 is 1.77 bits per heavy atom. The molecule has 1 aromatic heterocycles. The fraction of sp³-hybridized carbons (Fsp3) is 0.750. The molecular weight excluding hydrogens is 321 g/mol. The smallest absolute Gasteiger partial charge is 0.382 e. The molecule has 1 N–H and O–H groups in total. The molecule has 0 unspecified atom stereocenters. The number of alkyl halides is 7. The molecule has 10 heteroatoms. The maximum atomic E-state index is 13.5. The molecule has 1 saturated carbocycles. The zero-order chi connectivity index (χ0) is 16.5. The van der Waals surface area contributed by atoms with Crippen LogP contribution in [-0.4, -0.2) is 26.7 Å². The topological polar surface area (TPSA) is 38.1 Å². The molecule has 0 spiro atoms. The van der Waals surface area contributed by atoms with Gasteiger partial charge in [-0.05, 0) is 6.42 Å². The summed E-state index contributed by atoms with van der Waals surface area (Å²) < 4.78 is 92.3. The van der Waals surface area contributed by atoms with E-state index in [9.17, 15) is 35.8 Å². The summed E-state index contributed by atoms with van der Waals surface area (Å²) in [5.74, 6) is -7.82. The molecule has 0 bridgehead atoms. The average Bonchev–Trinajstić information content (AvgIpc) is 2.80. The number of hydrogen-bond donors (Lipinski definition) is 1. The maximum Gasteiger partial charge on any atom is 0.435 e. The van der Waals surface area contributed by atoms with Gasteiger partial charge in [-0.3, -0.25) is 4.68 Å². The molecular formula is C12H11F7N2O. The predicted octanol–water partition coefficient (Wildman–Crippen LogP) is 3.17. The van der Waals surface area contributed by atoms with E-state index in [0.717, 1.165) is 0 Å². The second-order valence-corrected chi connectivity index (χ2v) is 5.71. The van der Waals surface area contributed by atoms with Crippen LogP contribution < -0.4 is 0 Å². The van der Waals surface area contributed by atoms with Crippen LogP contribution in [0.4, 0.5) is 30.7 Å². The summed E-state index contributed by atoms with van der Waals surface area (Å²) in [6.07, 6.45) is -9.47. The number of hydrogen-bond acceptors (Lipinski definition) is 2. The van der Waals surface area contributed by atoms with Crippen LogP contribution in [0.15, 0.2) is 0 Å². The van der Waals surface area contributed by atoms with Gasteiger partial charge in [-0.15, -0.1) is 0 Å². The molecule has 1 aromatic rings. The molecule has 0 radical (unpaired) electrons. The number of rotatable bonds is 2. The Bertz CT molecular complexity index is 607.